The average molecular weight is 1330 g/mol. The van der Waals surface area contributed by atoms with Crippen LogP contribution in [0.5, 0.6) is 0 Å². The van der Waals surface area contributed by atoms with Crippen molar-refractivity contribution in [3.8, 4) is 0 Å². The van der Waals surface area contributed by atoms with Crippen molar-refractivity contribution in [1.82, 2.24) is 31.1 Å². The van der Waals surface area contributed by atoms with E-state index in [-0.39, 0.29) is 17.9 Å². The van der Waals surface area contributed by atoms with Crippen LogP contribution in [0.2, 0.25) is 15.1 Å². The van der Waals surface area contributed by atoms with E-state index < -0.39 is 65.6 Å². The number of nitrogens with two attached hydrogens (primary N) is 1. The quantitative estimate of drug-likeness (QED) is 0.0344. The van der Waals surface area contributed by atoms with Gasteiger partial charge in [0.2, 0.25) is 12.2 Å². The number of ether oxygens (including phenoxy) is 3. The largest absolute Gasteiger partial charge is 0.448 e. The summed E-state index contributed by atoms with van der Waals surface area (Å²) >= 11 is 17.7. The number of aliphatic hydroxyl groups excluding tert-OH is 2. The molecule has 92 heavy (non-hydrogen) atoms. The van der Waals surface area contributed by atoms with Crippen LogP contribution >= 0.6 is 34.8 Å². The maximum Gasteiger partial charge on any atom is 0.407 e. The minimum atomic E-state index is -1.80. The van der Waals surface area contributed by atoms with Crippen molar-refractivity contribution < 1.29 is 58.0 Å². The standard InChI is InChI=1S/C26H28ClN3O6.C22H24ClN3O4.C11H14ClN.C9H18N2O2/c1-16(31)35-23(25(33)28-11-18-12-29(13-18)22-9-7-21(27)8-10-22)24(36-17(2)32)26(34)30-14-19-5-3-4-6-20(19)15-30;23-17-5-7-18(8-6-17)25-10-14(11-25)9-24-21(29)19(27)20(28)22(30)26-12-15-3-1-2-4-16(15)13-26;12-11-3-1-9(2-4-11)10-5-8(6-10)7-13;1-9(2,3)13-8(12)11-6-7-4-10-5-7/h3-10,18,23-24H,11-15H2,1-2H3,(H,28,33);1-8,14,19-20,27-28H,9-13H2,(H,24,29);1-4,8,10H,5-7,13H2;7,10H,4-6H2,1-3H3,(H,11,12)/t23-,24-;19-,20-;;/m11../s1. The van der Waals surface area contributed by atoms with E-state index in [0.717, 1.165) is 110 Å². The van der Waals surface area contributed by atoms with Gasteiger partial charge in [0.15, 0.2) is 12.2 Å². The van der Waals surface area contributed by atoms with Crippen molar-refractivity contribution in [2.75, 3.05) is 75.2 Å². The number of aliphatic hydroxyl groups is 2. The highest BCUT2D eigenvalue weighted by Gasteiger charge is 2.44. The van der Waals surface area contributed by atoms with Crippen molar-refractivity contribution in [3.05, 3.63) is 164 Å². The number of benzene rings is 5. The number of fused-ring (bicyclic) bond motifs is 2. The van der Waals surface area contributed by atoms with Gasteiger partial charge in [0.05, 0.1) is 0 Å². The Bertz CT molecular complexity index is 3270. The molecule has 0 radical (unpaired) electrons. The van der Waals surface area contributed by atoms with E-state index in [9.17, 15) is 43.8 Å². The van der Waals surface area contributed by atoms with E-state index in [1.165, 1.54) is 28.2 Å². The lowest BCUT2D eigenvalue weighted by Crippen LogP contribution is -2.56. The van der Waals surface area contributed by atoms with Crippen molar-refractivity contribution in [1.29, 1.82) is 0 Å². The molecule has 0 aromatic heterocycles. The third-order valence-electron chi connectivity index (χ3n) is 16.6. The van der Waals surface area contributed by atoms with Crippen molar-refractivity contribution in [3.63, 3.8) is 0 Å². The molecule has 5 aliphatic heterocycles. The summed E-state index contributed by atoms with van der Waals surface area (Å²) in [5.74, 6) is -1.74. The first-order valence-corrected chi connectivity index (χ1v) is 32.1. The van der Waals surface area contributed by atoms with Crippen LogP contribution in [0.25, 0.3) is 0 Å². The number of hydrogen-bond donors (Lipinski definition) is 7. The first-order chi connectivity index (χ1) is 43.9. The zero-order valence-electron chi connectivity index (χ0n) is 52.5. The Hall–Kier alpha value is -7.50. The number of alkyl carbamates (subject to hydrolysis) is 1. The highest BCUT2D eigenvalue weighted by Crippen LogP contribution is 2.41. The Morgan fingerprint density at radius 3 is 1.35 bits per heavy atom. The molecule has 5 aromatic rings. The van der Waals surface area contributed by atoms with E-state index >= 15 is 0 Å². The number of nitrogens with one attached hydrogen (secondary N) is 4. The lowest BCUT2D eigenvalue weighted by atomic mass is 9.71. The normalized spacial score (nSPS) is 18.6. The summed E-state index contributed by atoms with van der Waals surface area (Å²) in [5, 5.41) is 33.8. The molecule has 3 saturated heterocycles. The molecule has 4 fully saturated rings. The zero-order chi connectivity index (χ0) is 66.2. The lowest BCUT2D eigenvalue weighted by molar-refractivity contribution is -0.178. The van der Waals surface area contributed by atoms with Crippen LogP contribution in [0.4, 0.5) is 16.2 Å². The summed E-state index contributed by atoms with van der Waals surface area (Å²) in [6.45, 7) is 16.4. The first-order valence-electron chi connectivity index (χ1n) is 31.0. The Balaban J connectivity index is 0.000000173. The summed E-state index contributed by atoms with van der Waals surface area (Å²) in [6, 6.07) is 38.4. The maximum absolute atomic E-state index is 13.4. The maximum atomic E-state index is 13.4. The fourth-order valence-electron chi connectivity index (χ4n) is 11.3. The molecule has 0 spiro atoms. The Kier molecular flexibility index (Phi) is 25.1. The van der Waals surface area contributed by atoms with Crippen LogP contribution in [0.3, 0.4) is 0 Å². The molecule has 6 aliphatic rings. The van der Waals surface area contributed by atoms with E-state index in [1.807, 2.05) is 130 Å². The Morgan fingerprint density at radius 1 is 0.543 bits per heavy atom. The monoisotopic (exact) mass is 1320 g/mol. The molecular weight excluding hydrogens is 1240 g/mol. The molecule has 494 valence electrons. The minimum Gasteiger partial charge on any atom is -0.448 e. The highest BCUT2D eigenvalue weighted by molar-refractivity contribution is 6.31. The second-order valence-corrected chi connectivity index (χ2v) is 26.4. The predicted molar refractivity (Wildman–Crippen MR) is 351 cm³/mol. The number of esters is 2. The number of nitrogens with zero attached hydrogens (tertiary/aromatic N) is 4. The van der Waals surface area contributed by atoms with Gasteiger partial charge in [-0.25, -0.2) is 4.79 Å². The van der Waals surface area contributed by atoms with Gasteiger partial charge in [-0.2, -0.15) is 0 Å². The van der Waals surface area contributed by atoms with Crippen LogP contribution in [0, 0.1) is 23.7 Å². The van der Waals surface area contributed by atoms with Crippen molar-refractivity contribution in [2.24, 2.45) is 29.4 Å². The van der Waals surface area contributed by atoms with Gasteiger partial charge in [-0.3, -0.25) is 28.8 Å². The Labute approximate surface area is 552 Å². The first kappa shape index (κ1) is 70.4. The molecule has 8 N–H and O–H groups in total. The smallest absolute Gasteiger partial charge is 0.407 e. The van der Waals surface area contributed by atoms with Gasteiger partial charge in [0.25, 0.3) is 23.6 Å². The molecule has 1 saturated carbocycles. The van der Waals surface area contributed by atoms with Gasteiger partial charge in [0, 0.05) is 143 Å². The third kappa shape index (κ3) is 20.3. The van der Waals surface area contributed by atoms with Crippen molar-refractivity contribution >= 4 is 87.8 Å². The van der Waals surface area contributed by atoms with E-state index in [4.69, 9.17) is 54.7 Å². The van der Waals surface area contributed by atoms with Crippen molar-refractivity contribution in [2.45, 2.75) is 110 Å². The molecule has 24 heteroatoms. The zero-order valence-corrected chi connectivity index (χ0v) is 54.8. The van der Waals surface area contributed by atoms with Gasteiger partial charge < -0.3 is 71.0 Å². The number of rotatable bonds is 18. The molecule has 0 unspecified atom stereocenters. The summed E-state index contributed by atoms with van der Waals surface area (Å²) in [4.78, 5) is 93.2. The van der Waals surface area contributed by atoms with Crippen LogP contribution in [0.1, 0.15) is 81.2 Å². The average Bonchev–Trinajstić information content (AvgIpc) is 1.47. The van der Waals surface area contributed by atoms with E-state index in [2.05, 4.69) is 43.2 Å². The fraction of sp³-hybridized carbons (Fsp3) is 0.456. The SMILES string of the molecule is CC(=O)O[C@@H](C(=O)NCC1CN(c2ccc(Cl)cc2)C1)[C@@H](OC(C)=O)C(=O)N1Cc2ccccc2C1.CC(C)(C)OC(=O)NCC1CNC1.NCC1CC(c2ccc(Cl)cc2)C1.O=C(NCC1CN(c2ccc(Cl)cc2)C1)[C@H](O)[C@@H](O)C(=O)N1Cc2ccccc2C1. The lowest BCUT2D eigenvalue weighted by Gasteiger charge is -2.41. The molecule has 5 heterocycles. The number of hydrogen-bond acceptors (Lipinski definition) is 16. The van der Waals surface area contributed by atoms with Gasteiger partial charge in [-0.15, -0.1) is 0 Å². The molecule has 0 bridgehead atoms. The molecule has 11 rings (SSSR count). The number of carbonyl (C=O) groups is 7. The molecule has 1 aliphatic carbocycles. The second kappa shape index (κ2) is 32.9. The van der Waals surface area contributed by atoms with Gasteiger partial charge >= 0.3 is 18.0 Å². The van der Waals surface area contributed by atoms with Crippen LogP contribution in [-0.4, -0.2) is 157 Å². The second-order valence-electron chi connectivity index (χ2n) is 25.1. The molecule has 5 aromatic carbocycles. The predicted octanol–water partition coefficient (Wildman–Crippen LogP) is 6.98. The van der Waals surface area contributed by atoms with Crippen LogP contribution in [0.15, 0.2) is 121 Å². The number of anilines is 2. The van der Waals surface area contributed by atoms with Crippen LogP contribution < -0.4 is 36.8 Å². The molecular formula is C68H84Cl3N9O12. The summed E-state index contributed by atoms with van der Waals surface area (Å²) in [7, 11) is 0. The molecule has 5 amide bonds. The number of amides is 5. The van der Waals surface area contributed by atoms with Gasteiger partial charge in [0.1, 0.15) is 5.60 Å². The Morgan fingerprint density at radius 2 is 0.946 bits per heavy atom. The van der Waals surface area contributed by atoms with Gasteiger partial charge in [-0.05, 0) is 140 Å². The molecule has 21 nitrogen and oxygen atoms in total. The van der Waals surface area contributed by atoms with E-state index in [1.54, 1.807) is 0 Å². The third-order valence-corrected chi connectivity index (χ3v) is 17.4. The topological polar surface area (TPSA) is 275 Å². The number of halogens is 3. The summed E-state index contributed by atoms with van der Waals surface area (Å²) in [6.07, 6.45) is -4.60. The number of carbonyl (C=O) groups excluding carboxylic acids is 7. The fourth-order valence-corrected chi connectivity index (χ4v) is 11.6. The summed E-state index contributed by atoms with van der Waals surface area (Å²) < 4.78 is 15.6. The van der Waals surface area contributed by atoms with E-state index in [0.29, 0.717) is 61.8 Å². The van der Waals surface area contributed by atoms with Gasteiger partial charge in [-0.1, -0.05) is 95.5 Å². The summed E-state index contributed by atoms with van der Waals surface area (Å²) in [5.41, 5.74) is 12.6. The van der Waals surface area contributed by atoms with Crippen LogP contribution in [-0.2, 0) is 69.2 Å². The highest BCUT2D eigenvalue weighted by atomic mass is 35.5. The molecule has 4 atom stereocenters. The minimum absolute atomic E-state index is 0.165.